The summed E-state index contributed by atoms with van der Waals surface area (Å²) in [6.45, 7) is 6.14. The Hall–Kier alpha value is -2.47. The summed E-state index contributed by atoms with van der Waals surface area (Å²) in [5.74, 6) is 0.0214. The van der Waals surface area contributed by atoms with Crippen LogP contribution in [0.25, 0.3) is 0 Å². The van der Waals surface area contributed by atoms with E-state index in [0.717, 1.165) is 41.7 Å². The van der Waals surface area contributed by atoms with Crippen molar-refractivity contribution in [2.45, 2.75) is 16.7 Å². The van der Waals surface area contributed by atoms with Gasteiger partial charge in [0.1, 0.15) is 0 Å². The molecular weight excluding hydrogens is 426 g/mol. The fourth-order valence-corrected chi connectivity index (χ4v) is 4.70. The topological polar surface area (TPSA) is 35.6 Å². The minimum Gasteiger partial charge on any atom is -0.369 e. The normalized spacial score (nSPS) is 14.5. The number of para-hydroxylation sites is 1. The summed E-state index contributed by atoms with van der Waals surface area (Å²) in [5.41, 5.74) is 3.37. The predicted molar refractivity (Wildman–Crippen MR) is 130 cm³/mol. The minimum absolute atomic E-state index is 0.0214. The van der Waals surface area contributed by atoms with Gasteiger partial charge in [0.2, 0.25) is 5.91 Å². The Balaban J connectivity index is 1.32. The van der Waals surface area contributed by atoms with Crippen molar-refractivity contribution in [2.75, 3.05) is 42.9 Å². The van der Waals surface area contributed by atoms with E-state index in [1.165, 1.54) is 11.3 Å². The molecule has 0 saturated carbocycles. The molecule has 1 saturated heterocycles. The van der Waals surface area contributed by atoms with Crippen LogP contribution in [0.3, 0.4) is 0 Å². The Morgan fingerprint density at radius 1 is 0.968 bits per heavy atom. The van der Waals surface area contributed by atoms with Gasteiger partial charge in [-0.25, -0.2) is 0 Å². The molecule has 6 heteroatoms. The Bertz CT molecular complexity index is 1030. The van der Waals surface area contributed by atoms with Crippen LogP contribution in [0.15, 0.2) is 82.6 Å². The van der Waals surface area contributed by atoms with Crippen LogP contribution in [0.5, 0.6) is 0 Å². The van der Waals surface area contributed by atoms with Gasteiger partial charge in [-0.1, -0.05) is 47.6 Å². The largest absolute Gasteiger partial charge is 0.369 e. The first-order valence-corrected chi connectivity index (χ1v) is 11.6. The van der Waals surface area contributed by atoms with Gasteiger partial charge in [-0.15, -0.1) is 0 Å². The van der Waals surface area contributed by atoms with Crippen molar-refractivity contribution in [1.29, 1.82) is 0 Å². The first-order chi connectivity index (χ1) is 15.1. The standard InChI is InChI=1S/C25H26ClN3OS/c1-19-5-4-6-21(17-19)29-15-13-28(14-16-29)18-25(30)27-23-7-2-3-8-24(23)31-22-11-9-20(26)10-12-22/h2-12,17H,13-16,18H2,1H3,(H,27,30). The number of carbonyl (C=O) groups excluding carboxylic acids is 1. The van der Waals surface area contributed by atoms with Gasteiger partial charge in [-0.05, 0) is 61.0 Å². The minimum atomic E-state index is 0.0214. The second kappa shape index (κ2) is 10.2. The number of nitrogens with one attached hydrogen (secondary N) is 1. The van der Waals surface area contributed by atoms with Crippen molar-refractivity contribution in [1.82, 2.24) is 4.90 Å². The molecule has 1 aliphatic heterocycles. The number of aryl methyl sites for hydroxylation is 1. The Labute approximate surface area is 193 Å². The molecule has 1 amide bonds. The third kappa shape index (κ3) is 6.03. The molecule has 0 unspecified atom stereocenters. The number of nitrogens with zero attached hydrogens (tertiary/aromatic N) is 2. The summed E-state index contributed by atoms with van der Waals surface area (Å²) in [4.78, 5) is 19.4. The number of rotatable bonds is 6. The molecule has 4 rings (SSSR count). The van der Waals surface area contributed by atoms with E-state index in [2.05, 4.69) is 46.3 Å². The highest BCUT2D eigenvalue weighted by Gasteiger charge is 2.19. The van der Waals surface area contributed by atoms with Crippen LogP contribution in [0, 0.1) is 6.92 Å². The molecule has 0 aromatic heterocycles. The van der Waals surface area contributed by atoms with Crippen molar-refractivity contribution < 1.29 is 4.79 Å². The van der Waals surface area contributed by atoms with E-state index in [0.29, 0.717) is 11.6 Å². The summed E-state index contributed by atoms with van der Waals surface area (Å²) in [5, 5.41) is 3.81. The highest BCUT2D eigenvalue weighted by atomic mass is 35.5. The Morgan fingerprint density at radius 2 is 1.71 bits per heavy atom. The second-order valence-electron chi connectivity index (χ2n) is 7.70. The molecule has 1 heterocycles. The van der Waals surface area contributed by atoms with Crippen LogP contribution in [0.2, 0.25) is 5.02 Å². The van der Waals surface area contributed by atoms with Gasteiger partial charge in [-0.2, -0.15) is 0 Å². The lowest BCUT2D eigenvalue weighted by molar-refractivity contribution is -0.117. The molecule has 4 nitrogen and oxygen atoms in total. The summed E-state index contributed by atoms with van der Waals surface area (Å²) >= 11 is 7.60. The molecule has 0 bridgehead atoms. The van der Waals surface area contributed by atoms with Gasteiger partial charge in [0.25, 0.3) is 0 Å². The van der Waals surface area contributed by atoms with E-state index in [1.807, 2.05) is 48.5 Å². The maximum atomic E-state index is 12.7. The van der Waals surface area contributed by atoms with E-state index in [9.17, 15) is 4.79 Å². The Morgan fingerprint density at radius 3 is 2.45 bits per heavy atom. The average Bonchev–Trinajstić information content (AvgIpc) is 2.77. The summed E-state index contributed by atoms with van der Waals surface area (Å²) in [7, 11) is 0. The zero-order valence-electron chi connectivity index (χ0n) is 17.6. The highest BCUT2D eigenvalue weighted by Crippen LogP contribution is 2.33. The van der Waals surface area contributed by atoms with Crippen LogP contribution in [0.1, 0.15) is 5.56 Å². The number of anilines is 2. The lowest BCUT2D eigenvalue weighted by Gasteiger charge is -2.35. The van der Waals surface area contributed by atoms with Gasteiger partial charge in [0, 0.05) is 46.7 Å². The number of amides is 1. The van der Waals surface area contributed by atoms with Crippen LogP contribution in [-0.2, 0) is 4.79 Å². The second-order valence-corrected chi connectivity index (χ2v) is 9.25. The van der Waals surface area contributed by atoms with E-state index in [1.54, 1.807) is 11.8 Å². The fraction of sp³-hybridized carbons (Fsp3) is 0.240. The molecule has 1 N–H and O–H groups in total. The molecule has 1 aliphatic rings. The van der Waals surface area contributed by atoms with Gasteiger partial charge >= 0.3 is 0 Å². The van der Waals surface area contributed by atoms with Gasteiger partial charge in [-0.3, -0.25) is 9.69 Å². The molecule has 1 fully saturated rings. The average molecular weight is 452 g/mol. The van der Waals surface area contributed by atoms with Crippen LogP contribution >= 0.6 is 23.4 Å². The number of hydrogen-bond donors (Lipinski definition) is 1. The van der Waals surface area contributed by atoms with Crippen LogP contribution < -0.4 is 10.2 Å². The lowest BCUT2D eigenvalue weighted by Crippen LogP contribution is -2.48. The lowest BCUT2D eigenvalue weighted by atomic mass is 10.2. The zero-order valence-corrected chi connectivity index (χ0v) is 19.1. The maximum absolute atomic E-state index is 12.7. The van der Waals surface area contributed by atoms with Crippen LogP contribution in [-0.4, -0.2) is 43.5 Å². The number of carbonyl (C=O) groups is 1. The van der Waals surface area contributed by atoms with Crippen molar-refractivity contribution >= 4 is 40.6 Å². The molecule has 0 aliphatic carbocycles. The highest BCUT2D eigenvalue weighted by molar-refractivity contribution is 7.99. The van der Waals surface area contributed by atoms with Crippen LogP contribution in [0.4, 0.5) is 11.4 Å². The van der Waals surface area contributed by atoms with Crippen molar-refractivity contribution in [2.24, 2.45) is 0 Å². The maximum Gasteiger partial charge on any atom is 0.238 e. The molecular formula is C25H26ClN3OS. The third-order valence-electron chi connectivity index (χ3n) is 5.31. The van der Waals surface area contributed by atoms with E-state index in [4.69, 9.17) is 11.6 Å². The Kier molecular flexibility index (Phi) is 7.17. The first-order valence-electron chi connectivity index (χ1n) is 10.4. The smallest absolute Gasteiger partial charge is 0.238 e. The van der Waals surface area contributed by atoms with Gasteiger partial charge in [0.15, 0.2) is 0 Å². The fourth-order valence-electron chi connectivity index (χ4n) is 3.67. The van der Waals surface area contributed by atoms with Gasteiger partial charge in [0.05, 0.1) is 12.2 Å². The summed E-state index contributed by atoms with van der Waals surface area (Å²) in [6.07, 6.45) is 0. The SMILES string of the molecule is Cc1cccc(N2CCN(CC(=O)Nc3ccccc3Sc3ccc(Cl)cc3)CC2)c1. The first kappa shape index (κ1) is 21.8. The molecule has 0 radical (unpaired) electrons. The van der Waals surface area contributed by atoms with Crippen molar-refractivity contribution in [3.63, 3.8) is 0 Å². The monoisotopic (exact) mass is 451 g/mol. The van der Waals surface area contributed by atoms with Gasteiger partial charge < -0.3 is 10.2 Å². The van der Waals surface area contributed by atoms with Crippen molar-refractivity contribution in [3.05, 3.63) is 83.4 Å². The van der Waals surface area contributed by atoms with E-state index < -0.39 is 0 Å². The quantitative estimate of drug-likeness (QED) is 0.532. The summed E-state index contributed by atoms with van der Waals surface area (Å²) < 4.78 is 0. The zero-order chi connectivity index (χ0) is 21.6. The molecule has 31 heavy (non-hydrogen) atoms. The number of benzene rings is 3. The molecule has 0 atom stereocenters. The molecule has 160 valence electrons. The summed E-state index contributed by atoms with van der Waals surface area (Å²) in [6, 6.07) is 24.2. The third-order valence-corrected chi connectivity index (χ3v) is 6.64. The molecule has 3 aromatic rings. The van der Waals surface area contributed by atoms with E-state index in [-0.39, 0.29) is 5.91 Å². The molecule has 0 spiro atoms. The molecule has 3 aromatic carbocycles. The number of hydrogen-bond acceptors (Lipinski definition) is 4. The number of halogens is 1. The van der Waals surface area contributed by atoms with Crippen molar-refractivity contribution in [3.8, 4) is 0 Å². The number of piperazine rings is 1. The predicted octanol–water partition coefficient (Wildman–Crippen LogP) is 5.56. The van der Waals surface area contributed by atoms with E-state index >= 15 is 0 Å².